The molecule has 1 amide bonds. The lowest BCUT2D eigenvalue weighted by Gasteiger charge is -2.15. The molecule has 4 unspecified atom stereocenters. The van der Waals surface area contributed by atoms with E-state index in [0.29, 0.717) is 5.69 Å². The van der Waals surface area contributed by atoms with Crippen molar-refractivity contribution in [2.45, 2.75) is 90.5 Å². The number of carbonyl (C=O) groups is 4. The maximum Gasteiger partial charge on any atom is 0.317 e. The minimum absolute atomic E-state index is 0. The number of carbonyl (C=O) groups excluding carboxylic acids is 3. The van der Waals surface area contributed by atoms with Crippen molar-refractivity contribution in [1.82, 2.24) is 0 Å². The molecule has 0 spiro atoms. The number of nitrogens with two attached hydrogens (primary N) is 1. The Labute approximate surface area is 250 Å². The predicted molar refractivity (Wildman–Crippen MR) is 173 cm³/mol. The van der Waals surface area contributed by atoms with Gasteiger partial charge in [-0.05, 0) is 24.3 Å². The van der Waals surface area contributed by atoms with Crippen LogP contribution in [0.25, 0.3) is 0 Å². The Morgan fingerprint density at radius 2 is 1.07 bits per heavy atom. The molecule has 8 heteroatoms. The summed E-state index contributed by atoms with van der Waals surface area (Å²) in [6, 6.07) is 18.5. The summed E-state index contributed by atoms with van der Waals surface area (Å²) < 4.78 is 4.31. The number of para-hydroxylation sites is 2. The maximum absolute atomic E-state index is 11.7. The number of hydrogen-bond donors (Lipinski definition) is 3. The highest BCUT2D eigenvalue weighted by Gasteiger charge is 2.37. The van der Waals surface area contributed by atoms with Crippen LogP contribution < -0.4 is 11.1 Å². The molecule has 2 aromatic rings. The standard InChI is InChI=1S/C12H15NO3.C6H7N.C6H8O3.4C2H6.CH4/c1-8(9(2)12(15)16)11(14)13-10-6-4-3-5-7-10;7-6-4-2-1-3-5-6;1-3-4(2)6(8)9-5(3)7;4*1-2;/h3-9H,1-2H3,(H,13,14)(H,15,16);1-5H,7H2;3-4H,1-2H3;4*1-2H3;1H4. The third-order valence-electron chi connectivity index (χ3n) is 5.09. The number of hydrogen-bond acceptors (Lipinski definition) is 6. The van der Waals surface area contributed by atoms with E-state index in [0.717, 1.165) is 5.69 Å². The summed E-state index contributed by atoms with van der Waals surface area (Å²) in [5, 5.41) is 11.5. The smallest absolute Gasteiger partial charge is 0.317 e. The average Bonchev–Trinajstić information content (AvgIpc) is 3.22. The van der Waals surface area contributed by atoms with Crippen LogP contribution in [0.2, 0.25) is 0 Å². The average molecular weight is 579 g/mol. The van der Waals surface area contributed by atoms with E-state index in [9.17, 15) is 19.2 Å². The van der Waals surface area contributed by atoms with Gasteiger partial charge in [0.25, 0.3) is 0 Å². The maximum atomic E-state index is 11.7. The first-order valence-corrected chi connectivity index (χ1v) is 14.2. The summed E-state index contributed by atoms with van der Waals surface area (Å²) in [7, 11) is 0. The number of nitrogens with one attached hydrogen (secondary N) is 1. The monoisotopic (exact) mass is 578 g/mol. The number of cyclic esters (lactones) is 2. The molecule has 0 radical (unpaired) electrons. The van der Waals surface area contributed by atoms with Crippen molar-refractivity contribution in [2.24, 2.45) is 23.7 Å². The molecule has 4 atom stereocenters. The number of amides is 1. The second-order valence-electron chi connectivity index (χ2n) is 7.50. The van der Waals surface area contributed by atoms with Gasteiger partial charge in [0.2, 0.25) is 5.91 Å². The van der Waals surface area contributed by atoms with Gasteiger partial charge in [0.15, 0.2) is 0 Å². The molecule has 3 rings (SSSR count). The number of benzene rings is 2. The normalized spacial score (nSPS) is 15.1. The van der Waals surface area contributed by atoms with Crippen LogP contribution in [0.5, 0.6) is 0 Å². The molecule has 1 saturated heterocycles. The summed E-state index contributed by atoms with van der Waals surface area (Å²) in [6.45, 7) is 22.5. The van der Waals surface area contributed by atoms with Gasteiger partial charge in [-0.15, -0.1) is 0 Å². The van der Waals surface area contributed by atoms with Crippen LogP contribution in [0.3, 0.4) is 0 Å². The number of ether oxygens (including phenoxy) is 1. The first-order valence-electron chi connectivity index (χ1n) is 14.2. The second-order valence-corrected chi connectivity index (χ2v) is 7.50. The SMILES string of the molecule is C.CC.CC.CC.CC.CC(C(=O)O)C(C)C(=O)Nc1ccccc1.CC1C(=O)OC(=O)C1C.Nc1ccccc1. The molecular weight excluding hydrogens is 520 g/mol. The molecule has 4 N–H and O–H groups in total. The Morgan fingerprint density at radius 1 is 0.732 bits per heavy atom. The minimum atomic E-state index is -0.962. The molecule has 0 aromatic heterocycles. The van der Waals surface area contributed by atoms with Crippen LogP contribution in [-0.4, -0.2) is 28.9 Å². The van der Waals surface area contributed by atoms with Gasteiger partial charge in [0, 0.05) is 17.3 Å². The van der Waals surface area contributed by atoms with Gasteiger partial charge < -0.3 is 20.9 Å². The summed E-state index contributed by atoms with van der Waals surface area (Å²) in [5.74, 6) is -3.78. The van der Waals surface area contributed by atoms with E-state index in [2.05, 4.69) is 10.1 Å². The molecule has 0 bridgehead atoms. The Bertz CT molecular complexity index is 886. The Hall–Kier alpha value is -3.68. The number of aliphatic carboxylic acids is 1. The predicted octanol–water partition coefficient (Wildman–Crippen LogP) is 8.33. The van der Waals surface area contributed by atoms with Gasteiger partial charge >= 0.3 is 17.9 Å². The number of carboxylic acid groups (broad SMARTS) is 1. The van der Waals surface area contributed by atoms with Gasteiger partial charge in [0.05, 0.1) is 17.8 Å². The lowest BCUT2D eigenvalue weighted by atomic mass is 9.95. The topological polar surface area (TPSA) is 136 Å². The molecule has 2 aromatic carbocycles. The van der Waals surface area contributed by atoms with Crippen molar-refractivity contribution in [1.29, 1.82) is 0 Å². The van der Waals surface area contributed by atoms with Crippen LogP contribution in [0, 0.1) is 23.7 Å². The van der Waals surface area contributed by atoms with Crippen molar-refractivity contribution in [2.75, 3.05) is 11.1 Å². The van der Waals surface area contributed by atoms with E-state index < -0.39 is 29.7 Å². The highest BCUT2D eigenvalue weighted by atomic mass is 16.6. The van der Waals surface area contributed by atoms with E-state index >= 15 is 0 Å². The third-order valence-corrected chi connectivity index (χ3v) is 5.09. The van der Waals surface area contributed by atoms with Crippen molar-refractivity contribution in [3.63, 3.8) is 0 Å². The molecule has 8 nitrogen and oxygen atoms in total. The van der Waals surface area contributed by atoms with Crippen LogP contribution >= 0.6 is 0 Å². The van der Waals surface area contributed by atoms with E-state index in [1.54, 1.807) is 45.0 Å². The van der Waals surface area contributed by atoms with Gasteiger partial charge in [0.1, 0.15) is 0 Å². The zero-order chi connectivity index (χ0) is 32.3. The molecule has 0 saturated carbocycles. The number of rotatable bonds is 4. The fraction of sp³-hybridized carbons (Fsp3) is 0.515. The summed E-state index contributed by atoms with van der Waals surface area (Å²) >= 11 is 0. The van der Waals surface area contributed by atoms with E-state index in [1.807, 2.05) is 91.8 Å². The molecule has 1 heterocycles. The fourth-order valence-electron chi connectivity index (χ4n) is 2.36. The van der Waals surface area contributed by atoms with Crippen molar-refractivity contribution >= 4 is 35.2 Å². The zero-order valence-corrected chi connectivity index (χ0v) is 26.6. The van der Waals surface area contributed by atoms with Crippen LogP contribution in [-0.2, 0) is 23.9 Å². The van der Waals surface area contributed by atoms with Gasteiger partial charge in [-0.1, -0.05) is 127 Å². The number of anilines is 2. The lowest BCUT2D eigenvalue weighted by Crippen LogP contribution is -2.29. The van der Waals surface area contributed by atoms with E-state index in [4.69, 9.17) is 10.8 Å². The first kappa shape index (κ1) is 47.1. The minimum Gasteiger partial charge on any atom is -0.481 e. The van der Waals surface area contributed by atoms with Crippen LogP contribution in [0.1, 0.15) is 90.5 Å². The molecule has 236 valence electrons. The highest BCUT2D eigenvalue weighted by molar-refractivity contribution is 5.96. The fourth-order valence-corrected chi connectivity index (χ4v) is 2.36. The molecule has 1 fully saturated rings. The summed E-state index contributed by atoms with van der Waals surface area (Å²) in [6.07, 6.45) is 0. The van der Waals surface area contributed by atoms with Crippen molar-refractivity contribution in [3.8, 4) is 0 Å². The van der Waals surface area contributed by atoms with Crippen molar-refractivity contribution in [3.05, 3.63) is 60.7 Å². The molecule has 1 aliphatic rings. The Morgan fingerprint density at radius 3 is 1.32 bits per heavy atom. The lowest BCUT2D eigenvalue weighted by molar-refractivity contribution is -0.153. The van der Waals surface area contributed by atoms with E-state index in [-0.39, 0.29) is 25.2 Å². The molecule has 1 aliphatic heterocycles. The second kappa shape index (κ2) is 30.9. The number of esters is 2. The molecular formula is C33H58N2O6. The zero-order valence-electron chi connectivity index (χ0n) is 26.6. The molecule has 41 heavy (non-hydrogen) atoms. The Kier molecular flexibility index (Phi) is 35.5. The number of carboxylic acids is 1. The van der Waals surface area contributed by atoms with Crippen molar-refractivity contribution < 1.29 is 29.0 Å². The van der Waals surface area contributed by atoms with E-state index in [1.165, 1.54) is 6.92 Å². The van der Waals surface area contributed by atoms with Gasteiger partial charge in [-0.2, -0.15) is 0 Å². The number of nitrogen functional groups attached to an aromatic ring is 1. The third kappa shape index (κ3) is 21.8. The van der Waals surface area contributed by atoms with Crippen LogP contribution in [0.15, 0.2) is 60.7 Å². The van der Waals surface area contributed by atoms with Gasteiger partial charge in [-0.25, -0.2) is 0 Å². The Balaban J connectivity index is -0.000000148. The highest BCUT2D eigenvalue weighted by Crippen LogP contribution is 2.21. The van der Waals surface area contributed by atoms with Gasteiger partial charge in [-0.3, -0.25) is 19.2 Å². The largest absolute Gasteiger partial charge is 0.481 e. The quantitative estimate of drug-likeness (QED) is 0.188. The summed E-state index contributed by atoms with van der Waals surface area (Å²) in [5.41, 5.74) is 6.86. The van der Waals surface area contributed by atoms with Crippen LogP contribution in [0.4, 0.5) is 11.4 Å². The molecule has 0 aliphatic carbocycles. The summed E-state index contributed by atoms with van der Waals surface area (Å²) in [4.78, 5) is 43.5. The first-order chi connectivity index (χ1) is 19.0.